The number of aliphatic hydroxyl groups is 1. The van der Waals surface area contributed by atoms with Crippen molar-refractivity contribution in [3.05, 3.63) is 0 Å². The van der Waals surface area contributed by atoms with Gasteiger partial charge in [0.25, 0.3) is 0 Å². The Bertz CT molecular complexity index is 191. The van der Waals surface area contributed by atoms with Gasteiger partial charge in [-0.2, -0.15) is 0 Å². The molecule has 2 unspecified atom stereocenters. The first kappa shape index (κ1) is 11.5. The number of aliphatic hydroxyl groups excluding tert-OH is 1. The first-order valence-corrected chi connectivity index (χ1v) is 5.28. The van der Waals surface area contributed by atoms with Gasteiger partial charge in [0.1, 0.15) is 0 Å². The van der Waals surface area contributed by atoms with Crippen LogP contribution in [-0.4, -0.2) is 35.7 Å². The maximum atomic E-state index is 11.3. The second-order valence-corrected chi connectivity index (χ2v) is 4.21. The van der Waals surface area contributed by atoms with Crippen LogP contribution in [-0.2, 0) is 4.79 Å². The quantitative estimate of drug-likeness (QED) is 0.566. The molecule has 4 nitrogen and oxygen atoms in total. The maximum Gasteiger partial charge on any atom is 0.234 e. The van der Waals surface area contributed by atoms with Crippen molar-refractivity contribution in [2.24, 2.45) is 0 Å². The summed E-state index contributed by atoms with van der Waals surface area (Å²) in [5, 5.41) is 15.1. The van der Waals surface area contributed by atoms with Gasteiger partial charge in [0.2, 0.25) is 5.91 Å². The second-order valence-electron chi connectivity index (χ2n) is 4.21. The summed E-state index contributed by atoms with van der Waals surface area (Å²) in [4.78, 5) is 11.3. The van der Waals surface area contributed by atoms with E-state index in [0.29, 0.717) is 19.0 Å². The van der Waals surface area contributed by atoms with Crippen LogP contribution in [0.5, 0.6) is 0 Å². The summed E-state index contributed by atoms with van der Waals surface area (Å²) in [5.74, 6) is 0.0186. The van der Waals surface area contributed by atoms with Crippen LogP contribution >= 0.6 is 0 Å². The summed E-state index contributed by atoms with van der Waals surface area (Å²) in [5.41, 5.74) is 0. The Kier molecular flexibility index (Phi) is 4.35. The molecule has 1 saturated carbocycles. The van der Waals surface area contributed by atoms with E-state index in [4.69, 9.17) is 5.11 Å². The van der Waals surface area contributed by atoms with Gasteiger partial charge in [-0.3, -0.25) is 4.79 Å². The van der Waals surface area contributed by atoms with Gasteiger partial charge in [-0.15, -0.1) is 0 Å². The number of amides is 1. The van der Waals surface area contributed by atoms with E-state index in [1.807, 2.05) is 6.92 Å². The van der Waals surface area contributed by atoms with Crippen LogP contribution in [0.4, 0.5) is 0 Å². The smallest absolute Gasteiger partial charge is 0.234 e. The number of nitrogens with one attached hydrogen (secondary N) is 2. The molecule has 1 aliphatic carbocycles. The van der Waals surface area contributed by atoms with Crippen molar-refractivity contribution in [3.63, 3.8) is 0 Å². The van der Waals surface area contributed by atoms with Gasteiger partial charge in [0, 0.05) is 12.1 Å². The fourth-order valence-electron chi connectivity index (χ4n) is 1.42. The standard InChI is InChI=1S/C10H20N2O2/c1-7(5-8(2)13)12-10(14)6-11-9-3-4-9/h7-9,11,13H,3-6H2,1-2H3,(H,12,14). The van der Waals surface area contributed by atoms with E-state index in [0.717, 1.165) is 0 Å². The molecule has 2 atom stereocenters. The van der Waals surface area contributed by atoms with Gasteiger partial charge in [-0.1, -0.05) is 0 Å². The Morgan fingerprint density at radius 2 is 2.14 bits per heavy atom. The monoisotopic (exact) mass is 200 g/mol. The lowest BCUT2D eigenvalue weighted by atomic mass is 10.1. The molecule has 0 spiro atoms. The molecule has 0 heterocycles. The van der Waals surface area contributed by atoms with Gasteiger partial charge >= 0.3 is 0 Å². The third-order valence-electron chi connectivity index (χ3n) is 2.23. The molecule has 4 heteroatoms. The number of carbonyl (C=O) groups is 1. The topological polar surface area (TPSA) is 61.4 Å². The minimum Gasteiger partial charge on any atom is -0.393 e. The van der Waals surface area contributed by atoms with Crippen molar-refractivity contribution in [1.82, 2.24) is 10.6 Å². The molecule has 3 N–H and O–H groups in total. The lowest BCUT2D eigenvalue weighted by Crippen LogP contribution is -2.40. The molecule has 0 aromatic rings. The van der Waals surface area contributed by atoms with E-state index in [1.54, 1.807) is 6.92 Å². The van der Waals surface area contributed by atoms with Crippen LogP contribution in [0.25, 0.3) is 0 Å². The van der Waals surface area contributed by atoms with Gasteiger partial charge in [-0.05, 0) is 33.1 Å². The Balaban J connectivity index is 2.05. The Morgan fingerprint density at radius 3 is 2.64 bits per heavy atom. The summed E-state index contributed by atoms with van der Waals surface area (Å²) >= 11 is 0. The third kappa shape index (κ3) is 5.19. The Morgan fingerprint density at radius 1 is 1.50 bits per heavy atom. The van der Waals surface area contributed by atoms with Gasteiger partial charge in [0.05, 0.1) is 12.6 Å². The zero-order chi connectivity index (χ0) is 10.6. The summed E-state index contributed by atoms with van der Waals surface area (Å²) in [7, 11) is 0. The molecule has 0 bridgehead atoms. The molecule has 0 aromatic heterocycles. The predicted molar refractivity (Wildman–Crippen MR) is 54.9 cm³/mol. The van der Waals surface area contributed by atoms with E-state index < -0.39 is 0 Å². The molecule has 1 rings (SSSR count). The normalized spacial score (nSPS) is 20.2. The molecule has 14 heavy (non-hydrogen) atoms. The summed E-state index contributed by atoms with van der Waals surface area (Å²) < 4.78 is 0. The van der Waals surface area contributed by atoms with Gasteiger partial charge in [-0.25, -0.2) is 0 Å². The maximum absolute atomic E-state index is 11.3. The Hall–Kier alpha value is -0.610. The average molecular weight is 200 g/mol. The SMILES string of the molecule is CC(O)CC(C)NC(=O)CNC1CC1. The summed E-state index contributed by atoms with van der Waals surface area (Å²) in [6, 6.07) is 0.608. The van der Waals surface area contributed by atoms with Crippen LogP contribution in [0.3, 0.4) is 0 Å². The molecule has 82 valence electrons. The predicted octanol–water partition coefficient (Wildman–Crippen LogP) is 0.0140. The molecular formula is C10H20N2O2. The number of rotatable bonds is 6. The van der Waals surface area contributed by atoms with E-state index in [-0.39, 0.29) is 18.1 Å². The molecule has 0 saturated heterocycles. The fraction of sp³-hybridized carbons (Fsp3) is 0.900. The van der Waals surface area contributed by atoms with Crippen LogP contribution in [0, 0.1) is 0 Å². The molecule has 0 aliphatic heterocycles. The molecule has 1 fully saturated rings. The fourth-order valence-corrected chi connectivity index (χ4v) is 1.42. The minimum absolute atomic E-state index is 0.0186. The summed E-state index contributed by atoms with van der Waals surface area (Å²) in [6.07, 6.45) is 2.63. The van der Waals surface area contributed by atoms with E-state index in [9.17, 15) is 4.79 Å². The highest BCUT2D eigenvalue weighted by atomic mass is 16.3. The van der Waals surface area contributed by atoms with Crippen LogP contribution in [0.15, 0.2) is 0 Å². The second kappa shape index (κ2) is 5.32. The molecule has 1 amide bonds. The van der Waals surface area contributed by atoms with E-state index in [2.05, 4.69) is 10.6 Å². The van der Waals surface area contributed by atoms with Crippen molar-refractivity contribution >= 4 is 5.91 Å². The zero-order valence-electron chi connectivity index (χ0n) is 8.92. The lowest BCUT2D eigenvalue weighted by Gasteiger charge is -2.15. The largest absolute Gasteiger partial charge is 0.393 e. The van der Waals surface area contributed by atoms with Crippen LogP contribution in [0.1, 0.15) is 33.1 Å². The highest BCUT2D eigenvalue weighted by molar-refractivity contribution is 5.78. The number of hydrogen-bond acceptors (Lipinski definition) is 3. The third-order valence-corrected chi connectivity index (χ3v) is 2.23. The van der Waals surface area contributed by atoms with Crippen molar-refractivity contribution in [1.29, 1.82) is 0 Å². The van der Waals surface area contributed by atoms with E-state index in [1.165, 1.54) is 12.8 Å². The van der Waals surface area contributed by atoms with Crippen molar-refractivity contribution < 1.29 is 9.90 Å². The Labute approximate surface area is 85.1 Å². The van der Waals surface area contributed by atoms with Crippen LogP contribution in [0.2, 0.25) is 0 Å². The van der Waals surface area contributed by atoms with Crippen molar-refractivity contribution in [2.75, 3.05) is 6.54 Å². The van der Waals surface area contributed by atoms with Crippen molar-refractivity contribution in [2.45, 2.75) is 51.3 Å². The van der Waals surface area contributed by atoms with Crippen LogP contribution < -0.4 is 10.6 Å². The first-order valence-electron chi connectivity index (χ1n) is 5.28. The van der Waals surface area contributed by atoms with Gasteiger partial charge in [0.15, 0.2) is 0 Å². The number of hydrogen-bond donors (Lipinski definition) is 3. The average Bonchev–Trinajstić information content (AvgIpc) is 2.81. The van der Waals surface area contributed by atoms with Crippen molar-refractivity contribution in [3.8, 4) is 0 Å². The lowest BCUT2D eigenvalue weighted by molar-refractivity contribution is -0.121. The molecule has 0 aromatic carbocycles. The molecule has 0 radical (unpaired) electrons. The van der Waals surface area contributed by atoms with Gasteiger partial charge < -0.3 is 15.7 Å². The molecular weight excluding hydrogens is 180 g/mol. The highest BCUT2D eigenvalue weighted by Crippen LogP contribution is 2.17. The zero-order valence-corrected chi connectivity index (χ0v) is 8.92. The highest BCUT2D eigenvalue weighted by Gasteiger charge is 2.21. The number of carbonyl (C=O) groups excluding carboxylic acids is 1. The minimum atomic E-state index is -0.360. The molecule has 1 aliphatic rings. The first-order chi connectivity index (χ1) is 6.58. The summed E-state index contributed by atoms with van der Waals surface area (Å²) in [6.45, 7) is 4.03. The van der Waals surface area contributed by atoms with E-state index >= 15 is 0 Å².